The molecule has 0 N–H and O–H groups in total. The molecule has 100 valence electrons. The molecule has 0 fully saturated rings. The molecule has 0 saturated heterocycles. The maximum atomic E-state index is 12.9. The van der Waals surface area contributed by atoms with Gasteiger partial charge in [0.1, 0.15) is 5.82 Å². The number of amides is 1. The highest BCUT2D eigenvalue weighted by atomic mass is 35.5. The van der Waals surface area contributed by atoms with Gasteiger partial charge >= 0.3 is 0 Å². The molecule has 1 atom stereocenters. The van der Waals surface area contributed by atoms with Crippen LogP contribution in [-0.4, -0.2) is 23.7 Å². The van der Waals surface area contributed by atoms with Crippen LogP contribution in [0, 0.1) is 11.2 Å². The van der Waals surface area contributed by atoms with Crippen LogP contribution in [0.1, 0.15) is 32.4 Å². The van der Waals surface area contributed by atoms with Gasteiger partial charge in [-0.15, -0.1) is 11.6 Å². The zero-order chi connectivity index (χ0) is 13.9. The molecule has 1 aromatic rings. The molecular formula is C14H19ClFNO. The highest BCUT2D eigenvalue weighted by molar-refractivity contribution is 6.19. The second kappa shape index (κ2) is 5.70. The van der Waals surface area contributed by atoms with Gasteiger partial charge in [0, 0.05) is 12.9 Å². The minimum Gasteiger partial charge on any atom is -0.338 e. The summed E-state index contributed by atoms with van der Waals surface area (Å²) in [5, 5.41) is 0. The fraction of sp³-hybridized carbons (Fsp3) is 0.500. The summed E-state index contributed by atoms with van der Waals surface area (Å²) in [5.41, 5.74) is 0.308. The standard InChI is InChI=1S/C14H19ClFNO/c1-10(11-5-7-12(16)8-6-11)17(4)13(18)14(2,3)9-15/h5-8,10H,9H2,1-4H3. The number of alkyl halides is 1. The van der Waals surface area contributed by atoms with Gasteiger partial charge in [0.05, 0.1) is 11.5 Å². The molecule has 1 unspecified atom stereocenters. The Morgan fingerprint density at radius 2 is 1.89 bits per heavy atom. The first-order valence-corrected chi connectivity index (χ1v) is 6.41. The van der Waals surface area contributed by atoms with Crippen LogP contribution in [0.2, 0.25) is 0 Å². The van der Waals surface area contributed by atoms with Gasteiger partial charge in [-0.1, -0.05) is 12.1 Å². The zero-order valence-corrected chi connectivity index (χ0v) is 12.0. The lowest BCUT2D eigenvalue weighted by atomic mass is 9.93. The molecule has 1 rings (SSSR count). The summed E-state index contributed by atoms with van der Waals surface area (Å²) in [5.74, 6) is -0.0258. The number of rotatable bonds is 4. The molecule has 0 aromatic heterocycles. The average molecular weight is 272 g/mol. The van der Waals surface area contributed by atoms with Crippen LogP contribution >= 0.6 is 11.6 Å². The lowest BCUT2D eigenvalue weighted by Crippen LogP contribution is -2.40. The van der Waals surface area contributed by atoms with Crippen molar-refractivity contribution < 1.29 is 9.18 Å². The molecule has 0 aliphatic rings. The summed E-state index contributed by atoms with van der Waals surface area (Å²) in [6.45, 7) is 5.54. The SMILES string of the molecule is CC(c1ccc(F)cc1)N(C)C(=O)C(C)(C)CCl. The van der Waals surface area contributed by atoms with E-state index in [0.717, 1.165) is 5.56 Å². The van der Waals surface area contributed by atoms with Gasteiger partial charge in [-0.2, -0.15) is 0 Å². The van der Waals surface area contributed by atoms with Crippen molar-refractivity contribution in [2.24, 2.45) is 5.41 Å². The second-order valence-corrected chi connectivity index (χ2v) is 5.43. The highest BCUT2D eigenvalue weighted by Crippen LogP contribution is 2.26. The second-order valence-electron chi connectivity index (χ2n) is 5.16. The molecule has 0 bridgehead atoms. The summed E-state index contributed by atoms with van der Waals surface area (Å²) in [6.07, 6.45) is 0. The number of halogens is 2. The van der Waals surface area contributed by atoms with Crippen molar-refractivity contribution in [2.75, 3.05) is 12.9 Å². The molecule has 0 saturated carbocycles. The minimum absolute atomic E-state index is 0.0191. The first-order chi connectivity index (χ1) is 8.29. The Labute approximate surface area is 113 Å². The van der Waals surface area contributed by atoms with Gasteiger partial charge in [-0.3, -0.25) is 4.79 Å². The van der Waals surface area contributed by atoms with Crippen LogP contribution in [0.5, 0.6) is 0 Å². The quantitative estimate of drug-likeness (QED) is 0.766. The van der Waals surface area contributed by atoms with Crippen LogP contribution in [0.15, 0.2) is 24.3 Å². The number of benzene rings is 1. The van der Waals surface area contributed by atoms with E-state index in [1.165, 1.54) is 12.1 Å². The maximum absolute atomic E-state index is 12.9. The Hall–Kier alpha value is -1.09. The summed E-state index contributed by atoms with van der Waals surface area (Å²) in [7, 11) is 1.74. The molecule has 0 radical (unpaired) electrons. The van der Waals surface area contributed by atoms with E-state index in [1.807, 2.05) is 20.8 Å². The van der Waals surface area contributed by atoms with Crippen LogP contribution < -0.4 is 0 Å². The third kappa shape index (κ3) is 3.22. The van der Waals surface area contributed by atoms with Crippen LogP contribution in [0.4, 0.5) is 4.39 Å². The number of nitrogens with zero attached hydrogens (tertiary/aromatic N) is 1. The average Bonchev–Trinajstić information content (AvgIpc) is 2.37. The van der Waals surface area contributed by atoms with Gasteiger partial charge in [-0.25, -0.2) is 4.39 Å². The lowest BCUT2D eigenvalue weighted by Gasteiger charge is -2.32. The molecule has 0 spiro atoms. The molecule has 18 heavy (non-hydrogen) atoms. The van der Waals surface area contributed by atoms with E-state index in [2.05, 4.69) is 0 Å². The van der Waals surface area contributed by atoms with Gasteiger partial charge in [0.25, 0.3) is 0 Å². The molecule has 0 heterocycles. The van der Waals surface area contributed by atoms with E-state index in [1.54, 1.807) is 24.1 Å². The summed E-state index contributed by atoms with van der Waals surface area (Å²) in [6, 6.07) is 6.07. The van der Waals surface area contributed by atoms with E-state index < -0.39 is 5.41 Å². The van der Waals surface area contributed by atoms with Crippen LogP contribution in [-0.2, 0) is 4.79 Å². The Morgan fingerprint density at radius 1 is 1.39 bits per heavy atom. The lowest BCUT2D eigenvalue weighted by molar-refractivity contribution is -0.139. The Bertz CT molecular complexity index is 416. The number of hydrogen-bond donors (Lipinski definition) is 0. The third-order valence-corrected chi connectivity index (χ3v) is 3.83. The molecule has 4 heteroatoms. The van der Waals surface area contributed by atoms with Gasteiger partial charge in [0.15, 0.2) is 0 Å². The summed E-state index contributed by atoms with van der Waals surface area (Å²) < 4.78 is 12.9. The zero-order valence-electron chi connectivity index (χ0n) is 11.2. The normalized spacial score (nSPS) is 13.2. The van der Waals surface area contributed by atoms with E-state index in [0.29, 0.717) is 0 Å². The highest BCUT2D eigenvalue weighted by Gasteiger charge is 2.31. The molecular weight excluding hydrogens is 253 g/mol. The van der Waals surface area contributed by atoms with Crippen molar-refractivity contribution in [2.45, 2.75) is 26.8 Å². The smallest absolute Gasteiger partial charge is 0.229 e. The fourth-order valence-corrected chi connectivity index (χ4v) is 1.79. The monoisotopic (exact) mass is 271 g/mol. The maximum Gasteiger partial charge on any atom is 0.229 e. The first kappa shape index (κ1) is 15.0. The fourth-order valence-electron chi connectivity index (χ4n) is 1.68. The van der Waals surface area contributed by atoms with Crippen molar-refractivity contribution in [3.8, 4) is 0 Å². The van der Waals surface area contributed by atoms with Crippen LogP contribution in [0.3, 0.4) is 0 Å². The van der Waals surface area contributed by atoms with Gasteiger partial charge in [-0.05, 0) is 38.5 Å². The number of carbonyl (C=O) groups is 1. The predicted molar refractivity (Wildman–Crippen MR) is 72.1 cm³/mol. The van der Waals surface area contributed by atoms with Crippen molar-refractivity contribution in [1.82, 2.24) is 4.90 Å². The van der Waals surface area contributed by atoms with Gasteiger partial charge in [0.2, 0.25) is 5.91 Å². The molecule has 1 amide bonds. The van der Waals surface area contributed by atoms with E-state index in [-0.39, 0.29) is 23.6 Å². The Morgan fingerprint density at radius 3 is 2.33 bits per heavy atom. The van der Waals surface area contributed by atoms with E-state index >= 15 is 0 Å². The van der Waals surface area contributed by atoms with Crippen molar-refractivity contribution >= 4 is 17.5 Å². The predicted octanol–water partition coefficient (Wildman–Crippen LogP) is 3.61. The van der Waals surface area contributed by atoms with Crippen molar-refractivity contribution in [3.05, 3.63) is 35.6 Å². The van der Waals surface area contributed by atoms with Gasteiger partial charge < -0.3 is 4.90 Å². The minimum atomic E-state index is -0.593. The number of hydrogen-bond acceptors (Lipinski definition) is 1. The topological polar surface area (TPSA) is 20.3 Å². The van der Waals surface area contributed by atoms with Crippen LogP contribution in [0.25, 0.3) is 0 Å². The molecule has 0 aliphatic heterocycles. The molecule has 1 aromatic carbocycles. The van der Waals surface area contributed by atoms with Crippen molar-refractivity contribution in [3.63, 3.8) is 0 Å². The Kier molecular flexibility index (Phi) is 4.74. The third-order valence-electron chi connectivity index (χ3n) is 3.17. The van der Waals surface area contributed by atoms with Crippen molar-refractivity contribution in [1.29, 1.82) is 0 Å². The van der Waals surface area contributed by atoms with E-state index in [9.17, 15) is 9.18 Å². The summed E-state index contributed by atoms with van der Waals surface area (Å²) in [4.78, 5) is 13.9. The Balaban J connectivity index is 2.87. The molecule has 2 nitrogen and oxygen atoms in total. The summed E-state index contributed by atoms with van der Waals surface area (Å²) >= 11 is 5.81. The molecule has 0 aliphatic carbocycles. The largest absolute Gasteiger partial charge is 0.338 e. The van der Waals surface area contributed by atoms with E-state index in [4.69, 9.17) is 11.6 Å². The number of carbonyl (C=O) groups excluding carboxylic acids is 1. The first-order valence-electron chi connectivity index (χ1n) is 5.88.